The highest BCUT2D eigenvalue weighted by molar-refractivity contribution is 5.78. The number of hydrogen-bond donors (Lipinski definition) is 1. The summed E-state index contributed by atoms with van der Waals surface area (Å²) in [5.74, 6) is 1.89. The molecule has 0 aliphatic rings. The van der Waals surface area contributed by atoms with Crippen LogP contribution in [0.4, 0.5) is 0 Å². The number of nitrogens with two attached hydrogens (primary N) is 1. The molecular formula is C22H29N3O. The molecule has 26 heavy (non-hydrogen) atoms. The summed E-state index contributed by atoms with van der Waals surface area (Å²) in [5.41, 5.74) is 12.3. The SMILES string of the molecule is CCC(N)c1nc2cc(C)c(C)cc2n1CCCOc1ccc(C)cc1. The summed E-state index contributed by atoms with van der Waals surface area (Å²) >= 11 is 0. The van der Waals surface area contributed by atoms with Gasteiger partial charge in [-0.2, -0.15) is 0 Å². The van der Waals surface area contributed by atoms with Gasteiger partial charge < -0.3 is 15.0 Å². The first kappa shape index (κ1) is 18.5. The van der Waals surface area contributed by atoms with Crippen molar-refractivity contribution >= 4 is 11.0 Å². The van der Waals surface area contributed by atoms with Gasteiger partial charge in [-0.15, -0.1) is 0 Å². The zero-order valence-electron chi connectivity index (χ0n) is 16.2. The van der Waals surface area contributed by atoms with Crippen molar-refractivity contribution in [1.82, 2.24) is 9.55 Å². The Morgan fingerprint density at radius 2 is 1.77 bits per heavy atom. The van der Waals surface area contributed by atoms with Crippen LogP contribution in [0, 0.1) is 20.8 Å². The molecule has 0 aliphatic heterocycles. The van der Waals surface area contributed by atoms with Crippen molar-refractivity contribution in [1.29, 1.82) is 0 Å². The van der Waals surface area contributed by atoms with E-state index in [1.54, 1.807) is 0 Å². The molecule has 0 amide bonds. The monoisotopic (exact) mass is 351 g/mol. The van der Waals surface area contributed by atoms with Crippen LogP contribution in [0.25, 0.3) is 11.0 Å². The van der Waals surface area contributed by atoms with Crippen molar-refractivity contribution in [2.24, 2.45) is 5.73 Å². The summed E-state index contributed by atoms with van der Waals surface area (Å²) in [4.78, 5) is 4.83. The third kappa shape index (κ3) is 3.91. The first-order chi connectivity index (χ1) is 12.5. The average molecular weight is 351 g/mol. The molecule has 3 rings (SSSR count). The van der Waals surface area contributed by atoms with Crippen LogP contribution in [0.15, 0.2) is 36.4 Å². The molecule has 4 nitrogen and oxygen atoms in total. The highest BCUT2D eigenvalue weighted by atomic mass is 16.5. The van der Waals surface area contributed by atoms with Gasteiger partial charge in [0.1, 0.15) is 11.6 Å². The highest BCUT2D eigenvalue weighted by Gasteiger charge is 2.16. The van der Waals surface area contributed by atoms with Gasteiger partial charge in [-0.25, -0.2) is 4.98 Å². The van der Waals surface area contributed by atoms with E-state index in [0.29, 0.717) is 6.61 Å². The second-order valence-electron chi connectivity index (χ2n) is 7.08. The first-order valence-electron chi connectivity index (χ1n) is 9.42. The molecule has 4 heteroatoms. The molecule has 1 unspecified atom stereocenters. The van der Waals surface area contributed by atoms with Crippen molar-refractivity contribution in [2.45, 2.75) is 53.1 Å². The molecule has 0 saturated heterocycles. The van der Waals surface area contributed by atoms with Crippen LogP contribution in [-0.2, 0) is 6.54 Å². The van der Waals surface area contributed by atoms with E-state index in [9.17, 15) is 0 Å². The predicted octanol–water partition coefficient (Wildman–Crippen LogP) is 4.84. The van der Waals surface area contributed by atoms with Gasteiger partial charge in [-0.05, 0) is 69.0 Å². The van der Waals surface area contributed by atoms with E-state index in [0.717, 1.165) is 36.5 Å². The summed E-state index contributed by atoms with van der Waals surface area (Å²) in [6.07, 6.45) is 1.79. The summed E-state index contributed by atoms with van der Waals surface area (Å²) in [5, 5.41) is 0. The van der Waals surface area contributed by atoms with Crippen LogP contribution < -0.4 is 10.5 Å². The fraction of sp³-hybridized carbons (Fsp3) is 0.409. The molecular weight excluding hydrogens is 322 g/mol. The number of aromatic nitrogens is 2. The number of aryl methyl sites for hydroxylation is 4. The molecule has 2 N–H and O–H groups in total. The van der Waals surface area contributed by atoms with E-state index in [2.05, 4.69) is 56.5 Å². The highest BCUT2D eigenvalue weighted by Crippen LogP contribution is 2.25. The molecule has 3 aromatic rings. The second-order valence-corrected chi connectivity index (χ2v) is 7.08. The van der Waals surface area contributed by atoms with E-state index in [1.807, 2.05) is 12.1 Å². The summed E-state index contributed by atoms with van der Waals surface area (Å²) in [7, 11) is 0. The summed E-state index contributed by atoms with van der Waals surface area (Å²) in [6, 6.07) is 12.5. The molecule has 0 saturated carbocycles. The minimum Gasteiger partial charge on any atom is -0.494 e. The maximum Gasteiger partial charge on any atom is 0.126 e. The fourth-order valence-electron chi connectivity index (χ4n) is 3.15. The molecule has 0 aliphatic carbocycles. The van der Waals surface area contributed by atoms with E-state index >= 15 is 0 Å². The van der Waals surface area contributed by atoms with Gasteiger partial charge in [-0.3, -0.25) is 0 Å². The first-order valence-corrected chi connectivity index (χ1v) is 9.42. The van der Waals surface area contributed by atoms with Crippen LogP contribution in [-0.4, -0.2) is 16.2 Å². The zero-order valence-corrected chi connectivity index (χ0v) is 16.2. The quantitative estimate of drug-likeness (QED) is 0.620. The number of ether oxygens (including phenoxy) is 1. The van der Waals surface area contributed by atoms with E-state index in [-0.39, 0.29) is 6.04 Å². The molecule has 0 fully saturated rings. The van der Waals surface area contributed by atoms with Gasteiger partial charge in [0, 0.05) is 6.54 Å². The van der Waals surface area contributed by atoms with Crippen LogP contribution in [0.2, 0.25) is 0 Å². The van der Waals surface area contributed by atoms with Crippen molar-refractivity contribution < 1.29 is 4.74 Å². The minimum absolute atomic E-state index is 0.0407. The van der Waals surface area contributed by atoms with Gasteiger partial charge in [0.25, 0.3) is 0 Å². The lowest BCUT2D eigenvalue weighted by molar-refractivity contribution is 0.301. The van der Waals surface area contributed by atoms with E-state index in [4.69, 9.17) is 15.5 Å². The second kappa shape index (κ2) is 7.92. The number of hydrogen-bond acceptors (Lipinski definition) is 3. The van der Waals surface area contributed by atoms with Gasteiger partial charge in [0.05, 0.1) is 23.7 Å². The lowest BCUT2D eigenvalue weighted by Gasteiger charge is -2.14. The number of rotatable bonds is 7. The van der Waals surface area contributed by atoms with Crippen molar-refractivity contribution in [3.63, 3.8) is 0 Å². The Bertz CT molecular complexity index is 881. The van der Waals surface area contributed by atoms with Crippen LogP contribution >= 0.6 is 0 Å². The minimum atomic E-state index is -0.0407. The molecule has 138 valence electrons. The maximum atomic E-state index is 6.33. The third-order valence-electron chi connectivity index (χ3n) is 4.98. The largest absolute Gasteiger partial charge is 0.494 e. The van der Waals surface area contributed by atoms with Gasteiger partial charge in [0.15, 0.2) is 0 Å². The molecule has 0 bridgehead atoms. The van der Waals surface area contributed by atoms with Gasteiger partial charge in [-0.1, -0.05) is 24.6 Å². The van der Waals surface area contributed by atoms with E-state index in [1.165, 1.54) is 22.2 Å². The Morgan fingerprint density at radius 1 is 1.08 bits per heavy atom. The lowest BCUT2D eigenvalue weighted by Crippen LogP contribution is -2.17. The van der Waals surface area contributed by atoms with E-state index < -0.39 is 0 Å². The summed E-state index contributed by atoms with van der Waals surface area (Å²) in [6.45, 7) is 9.98. The Morgan fingerprint density at radius 3 is 2.46 bits per heavy atom. The molecule has 0 radical (unpaired) electrons. The number of fused-ring (bicyclic) bond motifs is 1. The Hall–Kier alpha value is -2.33. The number of benzene rings is 2. The smallest absolute Gasteiger partial charge is 0.126 e. The van der Waals surface area contributed by atoms with Crippen molar-refractivity contribution in [3.05, 3.63) is 58.9 Å². The van der Waals surface area contributed by atoms with Gasteiger partial charge >= 0.3 is 0 Å². The normalized spacial score (nSPS) is 12.5. The Labute approximate surface area is 156 Å². The van der Waals surface area contributed by atoms with Crippen LogP contribution in [0.5, 0.6) is 5.75 Å². The molecule has 1 atom stereocenters. The Kier molecular flexibility index (Phi) is 5.62. The maximum absolute atomic E-state index is 6.33. The van der Waals surface area contributed by atoms with Gasteiger partial charge in [0.2, 0.25) is 0 Å². The molecule has 2 aromatic carbocycles. The zero-order chi connectivity index (χ0) is 18.7. The average Bonchev–Trinajstić information content (AvgIpc) is 2.97. The number of nitrogens with zero attached hydrogens (tertiary/aromatic N) is 2. The lowest BCUT2D eigenvalue weighted by atomic mass is 10.1. The molecule has 1 aromatic heterocycles. The van der Waals surface area contributed by atoms with Crippen molar-refractivity contribution in [3.8, 4) is 5.75 Å². The topological polar surface area (TPSA) is 53.1 Å². The van der Waals surface area contributed by atoms with Crippen LogP contribution in [0.1, 0.15) is 48.3 Å². The standard InChI is InChI=1S/C22H29N3O/c1-5-19(23)22-24-20-13-16(3)17(4)14-21(20)25(22)11-6-12-26-18-9-7-15(2)8-10-18/h7-10,13-14,19H,5-6,11-12,23H2,1-4H3. The van der Waals surface area contributed by atoms with Crippen LogP contribution in [0.3, 0.4) is 0 Å². The third-order valence-corrected chi connectivity index (χ3v) is 4.98. The number of imidazole rings is 1. The molecule has 0 spiro atoms. The summed E-state index contributed by atoms with van der Waals surface area (Å²) < 4.78 is 8.15. The fourth-order valence-corrected chi connectivity index (χ4v) is 3.15. The van der Waals surface area contributed by atoms with Crippen molar-refractivity contribution in [2.75, 3.05) is 6.61 Å². The predicted molar refractivity (Wildman–Crippen MR) is 108 cm³/mol. The molecule has 1 heterocycles. The Balaban J connectivity index is 1.76.